The first-order valence-corrected chi connectivity index (χ1v) is 9.04. The van der Waals surface area contributed by atoms with Gasteiger partial charge in [-0.2, -0.15) is 9.97 Å². The summed E-state index contributed by atoms with van der Waals surface area (Å²) in [6, 6.07) is 5.78. The van der Waals surface area contributed by atoms with Crippen LogP contribution in [0.25, 0.3) is 11.2 Å². The van der Waals surface area contributed by atoms with Crippen LogP contribution in [0.15, 0.2) is 24.5 Å². The normalized spacial score (nSPS) is 14.8. The molecule has 2 N–H and O–H groups in total. The summed E-state index contributed by atoms with van der Waals surface area (Å²) in [6.45, 7) is 0.363. The Balaban J connectivity index is 1.64. The molecule has 2 heterocycles. The molecule has 0 unspecified atom stereocenters. The fourth-order valence-electron chi connectivity index (χ4n) is 3.52. The number of methoxy groups -OCH3 is 1. The SMILES string of the molecule is COc1cccc(CNc2nc(Cl)nc3c2ncn3C2CCCC2)c1O. The average molecular weight is 374 g/mol. The van der Waals surface area contributed by atoms with E-state index in [1.165, 1.54) is 20.0 Å². The van der Waals surface area contributed by atoms with E-state index in [-0.39, 0.29) is 11.0 Å². The zero-order valence-electron chi connectivity index (χ0n) is 14.4. The maximum Gasteiger partial charge on any atom is 0.226 e. The van der Waals surface area contributed by atoms with Crippen LogP contribution in [0.4, 0.5) is 5.82 Å². The van der Waals surface area contributed by atoms with Gasteiger partial charge in [0.05, 0.1) is 13.4 Å². The molecule has 0 bridgehead atoms. The smallest absolute Gasteiger partial charge is 0.226 e. The number of hydrogen-bond donors (Lipinski definition) is 2. The number of rotatable bonds is 5. The number of anilines is 1. The molecule has 0 saturated heterocycles. The number of aromatic hydroxyl groups is 1. The molecule has 8 heteroatoms. The number of para-hydroxylation sites is 1. The Labute approximate surface area is 156 Å². The summed E-state index contributed by atoms with van der Waals surface area (Å²) in [7, 11) is 1.52. The largest absolute Gasteiger partial charge is 0.504 e. The van der Waals surface area contributed by atoms with Gasteiger partial charge >= 0.3 is 0 Å². The number of fused-ring (bicyclic) bond motifs is 1. The second-order valence-corrected chi connectivity index (χ2v) is 6.76. The molecule has 0 radical (unpaired) electrons. The molecule has 4 rings (SSSR count). The Kier molecular flexibility index (Phi) is 4.55. The van der Waals surface area contributed by atoms with E-state index in [2.05, 4.69) is 24.8 Å². The number of aromatic nitrogens is 4. The highest BCUT2D eigenvalue weighted by atomic mass is 35.5. The summed E-state index contributed by atoms with van der Waals surface area (Å²) in [4.78, 5) is 13.2. The van der Waals surface area contributed by atoms with Crippen molar-refractivity contribution < 1.29 is 9.84 Å². The standard InChI is InChI=1S/C18H20ClN5O2/c1-26-13-8-4-5-11(15(13)25)9-20-16-14-17(23-18(19)22-16)24(10-21-14)12-6-2-3-7-12/h4-5,8,10,12,25H,2-3,6-7,9H2,1H3,(H,20,22,23). The minimum atomic E-state index is 0.107. The predicted molar refractivity (Wildman–Crippen MR) is 99.8 cm³/mol. The first-order chi connectivity index (χ1) is 12.7. The molecule has 0 spiro atoms. The number of benzene rings is 1. The molecule has 7 nitrogen and oxygen atoms in total. The first kappa shape index (κ1) is 16.9. The Morgan fingerprint density at radius 3 is 2.88 bits per heavy atom. The van der Waals surface area contributed by atoms with Gasteiger partial charge in [0.2, 0.25) is 5.28 Å². The van der Waals surface area contributed by atoms with Crippen LogP contribution >= 0.6 is 11.6 Å². The summed E-state index contributed by atoms with van der Waals surface area (Å²) in [5.74, 6) is 1.09. The van der Waals surface area contributed by atoms with Crippen LogP contribution in [-0.2, 0) is 6.54 Å². The van der Waals surface area contributed by atoms with E-state index in [0.717, 1.165) is 18.5 Å². The highest BCUT2D eigenvalue weighted by molar-refractivity contribution is 6.28. The number of phenolic OH excluding ortho intramolecular Hbond substituents is 1. The Morgan fingerprint density at radius 1 is 1.31 bits per heavy atom. The van der Waals surface area contributed by atoms with Crippen LogP contribution in [0, 0.1) is 0 Å². The predicted octanol–water partition coefficient (Wildman–Crippen LogP) is 3.92. The Bertz CT molecular complexity index is 937. The first-order valence-electron chi connectivity index (χ1n) is 8.66. The van der Waals surface area contributed by atoms with E-state index in [1.54, 1.807) is 6.07 Å². The quantitative estimate of drug-likeness (QED) is 0.659. The Morgan fingerprint density at radius 2 is 2.12 bits per heavy atom. The van der Waals surface area contributed by atoms with Gasteiger partial charge in [0.15, 0.2) is 28.5 Å². The lowest BCUT2D eigenvalue weighted by Gasteiger charge is -2.13. The fourth-order valence-corrected chi connectivity index (χ4v) is 3.68. The molecule has 1 aliphatic rings. The maximum absolute atomic E-state index is 10.2. The minimum absolute atomic E-state index is 0.107. The topological polar surface area (TPSA) is 85.1 Å². The number of nitrogens with one attached hydrogen (secondary N) is 1. The van der Waals surface area contributed by atoms with E-state index in [1.807, 2.05) is 18.5 Å². The summed E-state index contributed by atoms with van der Waals surface area (Å²) >= 11 is 6.15. The minimum Gasteiger partial charge on any atom is -0.504 e. The van der Waals surface area contributed by atoms with Crippen molar-refractivity contribution in [2.24, 2.45) is 0 Å². The number of halogens is 1. The number of hydrogen-bond acceptors (Lipinski definition) is 6. The van der Waals surface area contributed by atoms with Crippen molar-refractivity contribution in [3.05, 3.63) is 35.4 Å². The van der Waals surface area contributed by atoms with Crippen LogP contribution in [0.3, 0.4) is 0 Å². The van der Waals surface area contributed by atoms with Crippen molar-refractivity contribution in [2.75, 3.05) is 12.4 Å². The molecule has 26 heavy (non-hydrogen) atoms. The fraction of sp³-hybridized carbons (Fsp3) is 0.389. The van der Waals surface area contributed by atoms with Crippen LogP contribution in [0.5, 0.6) is 11.5 Å². The summed E-state index contributed by atoms with van der Waals surface area (Å²) in [5.41, 5.74) is 2.13. The molecular weight excluding hydrogens is 354 g/mol. The maximum atomic E-state index is 10.2. The second kappa shape index (κ2) is 6.99. The van der Waals surface area contributed by atoms with E-state index in [4.69, 9.17) is 16.3 Å². The van der Waals surface area contributed by atoms with Crippen LogP contribution in [0.1, 0.15) is 37.3 Å². The van der Waals surface area contributed by atoms with Gasteiger partial charge in [0.25, 0.3) is 0 Å². The molecule has 136 valence electrons. The van der Waals surface area contributed by atoms with Crippen molar-refractivity contribution >= 4 is 28.6 Å². The highest BCUT2D eigenvalue weighted by Gasteiger charge is 2.21. The van der Waals surface area contributed by atoms with Crippen molar-refractivity contribution in [2.45, 2.75) is 38.3 Å². The van der Waals surface area contributed by atoms with Gasteiger partial charge in [-0.15, -0.1) is 0 Å². The molecule has 1 aromatic carbocycles. The van der Waals surface area contributed by atoms with E-state index >= 15 is 0 Å². The lowest BCUT2D eigenvalue weighted by Crippen LogP contribution is -2.07. The molecule has 1 saturated carbocycles. The number of imidazole rings is 1. The van der Waals surface area contributed by atoms with E-state index in [0.29, 0.717) is 35.2 Å². The van der Waals surface area contributed by atoms with Crippen LogP contribution in [0.2, 0.25) is 5.28 Å². The summed E-state index contributed by atoms with van der Waals surface area (Å²) < 4.78 is 7.25. The lowest BCUT2D eigenvalue weighted by atomic mass is 10.2. The van der Waals surface area contributed by atoms with Gasteiger partial charge in [-0.25, -0.2) is 4.98 Å². The van der Waals surface area contributed by atoms with Crippen molar-refractivity contribution in [3.8, 4) is 11.5 Å². The molecule has 2 aromatic heterocycles. The molecule has 1 fully saturated rings. The number of phenols is 1. The average Bonchev–Trinajstić information content (AvgIpc) is 3.29. The van der Waals surface area contributed by atoms with E-state index < -0.39 is 0 Å². The van der Waals surface area contributed by atoms with Gasteiger partial charge in [0, 0.05) is 18.2 Å². The molecule has 0 amide bonds. The summed E-state index contributed by atoms with van der Waals surface area (Å²) in [5, 5.41) is 13.6. The second-order valence-electron chi connectivity index (χ2n) is 6.43. The zero-order valence-corrected chi connectivity index (χ0v) is 15.2. The third kappa shape index (κ3) is 3.03. The highest BCUT2D eigenvalue weighted by Crippen LogP contribution is 2.34. The third-order valence-corrected chi connectivity index (χ3v) is 5.03. The molecular formula is C18H20ClN5O2. The monoisotopic (exact) mass is 373 g/mol. The molecule has 1 aliphatic carbocycles. The van der Waals surface area contributed by atoms with E-state index in [9.17, 15) is 5.11 Å². The number of nitrogens with zero attached hydrogens (tertiary/aromatic N) is 4. The summed E-state index contributed by atoms with van der Waals surface area (Å²) in [6.07, 6.45) is 6.54. The van der Waals surface area contributed by atoms with Gasteiger partial charge < -0.3 is 19.7 Å². The van der Waals surface area contributed by atoms with Gasteiger partial charge in [-0.05, 0) is 30.5 Å². The lowest BCUT2D eigenvalue weighted by molar-refractivity contribution is 0.371. The van der Waals surface area contributed by atoms with Crippen molar-refractivity contribution in [1.29, 1.82) is 0 Å². The van der Waals surface area contributed by atoms with Crippen LogP contribution < -0.4 is 10.1 Å². The third-order valence-electron chi connectivity index (χ3n) is 4.86. The van der Waals surface area contributed by atoms with Gasteiger partial charge in [-0.1, -0.05) is 25.0 Å². The van der Waals surface area contributed by atoms with Gasteiger partial charge in [-0.3, -0.25) is 0 Å². The van der Waals surface area contributed by atoms with Gasteiger partial charge in [0.1, 0.15) is 0 Å². The molecule has 3 aromatic rings. The zero-order chi connectivity index (χ0) is 18.1. The van der Waals surface area contributed by atoms with Crippen molar-refractivity contribution in [3.63, 3.8) is 0 Å². The van der Waals surface area contributed by atoms with Crippen molar-refractivity contribution in [1.82, 2.24) is 19.5 Å². The Hall–Kier alpha value is -2.54. The molecule has 0 atom stereocenters. The van der Waals surface area contributed by atoms with Crippen LogP contribution in [-0.4, -0.2) is 31.7 Å². The molecule has 0 aliphatic heterocycles. The number of ether oxygens (including phenoxy) is 1.